The second kappa shape index (κ2) is 8.02. The number of carbonyl (C=O) groups excluding carboxylic acids is 1. The highest BCUT2D eigenvalue weighted by atomic mass is 16.2. The smallest absolute Gasteiger partial charge is 0.317 e. The molecule has 0 aromatic carbocycles. The molecule has 1 aliphatic heterocycles. The third-order valence-electron chi connectivity index (χ3n) is 5.45. The molecule has 4 heteroatoms. The van der Waals surface area contributed by atoms with Gasteiger partial charge in [-0.15, -0.1) is 0 Å². The van der Waals surface area contributed by atoms with Gasteiger partial charge in [-0.25, -0.2) is 4.79 Å². The number of amides is 2. The Kier molecular flexibility index (Phi) is 6.34. The first-order valence-electron chi connectivity index (χ1n) is 8.76. The summed E-state index contributed by atoms with van der Waals surface area (Å²) in [6.07, 6.45) is 7.81. The zero-order valence-electron chi connectivity index (χ0n) is 14.1. The van der Waals surface area contributed by atoms with Crippen LogP contribution in [0.25, 0.3) is 0 Å². The van der Waals surface area contributed by atoms with Crippen molar-refractivity contribution >= 4 is 6.03 Å². The van der Waals surface area contributed by atoms with E-state index in [1.807, 2.05) is 11.9 Å². The molecule has 2 fully saturated rings. The Balaban J connectivity index is 1.62. The van der Waals surface area contributed by atoms with E-state index in [1.54, 1.807) is 0 Å². The van der Waals surface area contributed by atoms with E-state index in [0.29, 0.717) is 11.8 Å². The van der Waals surface area contributed by atoms with Crippen molar-refractivity contribution < 1.29 is 4.79 Å². The number of hydrogen-bond donors (Lipinski definition) is 1. The van der Waals surface area contributed by atoms with Crippen molar-refractivity contribution in [3.05, 3.63) is 0 Å². The summed E-state index contributed by atoms with van der Waals surface area (Å²) in [7, 11) is 4.09. The lowest BCUT2D eigenvalue weighted by Gasteiger charge is -2.29. The lowest BCUT2D eigenvalue weighted by molar-refractivity contribution is 0.194. The number of nitrogens with zero attached hydrogens (tertiary/aromatic N) is 2. The first kappa shape index (κ1) is 16.6. The fourth-order valence-electron chi connectivity index (χ4n) is 3.86. The highest BCUT2D eigenvalue weighted by Crippen LogP contribution is 2.30. The molecule has 1 heterocycles. The standard InChI is InChI=1S/C17H33N3O/c1-4-14-5-7-15(8-6-14)11-18-17(21)20(3)13-16-9-10-19(2)12-16/h14-16H,4-13H2,1-3H3,(H,18,21)/t14?,15?,16-/m1/s1. The molecule has 2 amide bonds. The van der Waals surface area contributed by atoms with Crippen molar-refractivity contribution in [1.29, 1.82) is 0 Å². The Morgan fingerprint density at radius 3 is 2.38 bits per heavy atom. The van der Waals surface area contributed by atoms with Gasteiger partial charge in [0.2, 0.25) is 0 Å². The fraction of sp³-hybridized carbons (Fsp3) is 0.941. The molecule has 1 saturated carbocycles. The van der Waals surface area contributed by atoms with Crippen molar-refractivity contribution in [1.82, 2.24) is 15.1 Å². The summed E-state index contributed by atoms with van der Waals surface area (Å²) < 4.78 is 0. The predicted molar refractivity (Wildman–Crippen MR) is 87.4 cm³/mol. The van der Waals surface area contributed by atoms with Gasteiger partial charge in [0.15, 0.2) is 0 Å². The summed E-state index contributed by atoms with van der Waals surface area (Å²) in [6.45, 7) is 6.34. The first-order chi connectivity index (χ1) is 10.1. The number of hydrogen-bond acceptors (Lipinski definition) is 2. The Bertz CT molecular complexity index is 326. The minimum atomic E-state index is 0.113. The minimum Gasteiger partial charge on any atom is -0.338 e. The molecular formula is C17H33N3O. The molecule has 1 atom stereocenters. The Morgan fingerprint density at radius 1 is 1.14 bits per heavy atom. The van der Waals surface area contributed by atoms with Crippen LogP contribution in [0.15, 0.2) is 0 Å². The summed E-state index contributed by atoms with van der Waals surface area (Å²) in [5.41, 5.74) is 0. The van der Waals surface area contributed by atoms with Crippen molar-refractivity contribution in [2.24, 2.45) is 17.8 Å². The van der Waals surface area contributed by atoms with E-state index in [9.17, 15) is 4.79 Å². The lowest BCUT2D eigenvalue weighted by Crippen LogP contribution is -2.42. The van der Waals surface area contributed by atoms with Crippen LogP contribution in [0.1, 0.15) is 45.4 Å². The molecule has 122 valence electrons. The summed E-state index contributed by atoms with van der Waals surface area (Å²) >= 11 is 0. The van der Waals surface area contributed by atoms with Crippen LogP contribution in [-0.2, 0) is 0 Å². The third-order valence-corrected chi connectivity index (χ3v) is 5.45. The molecule has 0 unspecified atom stereocenters. The highest BCUT2D eigenvalue weighted by Gasteiger charge is 2.24. The maximum absolute atomic E-state index is 12.2. The van der Waals surface area contributed by atoms with Crippen LogP contribution in [-0.4, -0.2) is 56.1 Å². The normalized spacial score (nSPS) is 30.3. The maximum atomic E-state index is 12.2. The van der Waals surface area contributed by atoms with Crippen molar-refractivity contribution in [2.75, 3.05) is 40.3 Å². The van der Waals surface area contributed by atoms with Crippen LogP contribution in [0.2, 0.25) is 0 Å². The van der Waals surface area contributed by atoms with Crippen LogP contribution < -0.4 is 5.32 Å². The van der Waals surface area contributed by atoms with Gasteiger partial charge in [0, 0.05) is 26.7 Å². The molecule has 1 saturated heterocycles. The molecule has 0 spiro atoms. The van der Waals surface area contributed by atoms with Crippen molar-refractivity contribution in [2.45, 2.75) is 45.4 Å². The summed E-state index contributed by atoms with van der Waals surface area (Å²) in [6, 6.07) is 0.113. The SMILES string of the molecule is CCC1CCC(CNC(=O)N(C)C[C@@H]2CCN(C)C2)CC1. The van der Waals surface area contributed by atoms with E-state index in [0.717, 1.165) is 25.6 Å². The van der Waals surface area contributed by atoms with E-state index in [2.05, 4.69) is 24.2 Å². The number of nitrogens with one attached hydrogen (secondary N) is 1. The number of likely N-dealkylation sites (tertiary alicyclic amines) is 1. The minimum absolute atomic E-state index is 0.113. The molecule has 4 nitrogen and oxygen atoms in total. The zero-order chi connectivity index (χ0) is 15.2. The summed E-state index contributed by atoms with van der Waals surface area (Å²) in [4.78, 5) is 16.4. The van der Waals surface area contributed by atoms with Gasteiger partial charge in [0.05, 0.1) is 0 Å². The molecule has 0 radical (unpaired) electrons. The van der Waals surface area contributed by atoms with Gasteiger partial charge in [-0.05, 0) is 50.6 Å². The van der Waals surface area contributed by atoms with Crippen molar-refractivity contribution in [3.8, 4) is 0 Å². The average molecular weight is 295 g/mol. The number of urea groups is 1. The van der Waals surface area contributed by atoms with E-state index >= 15 is 0 Å². The van der Waals surface area contributed by atoms with Crippen LogP contribution >= 0.6 is 0 Å². The summed E-state index contributed by atoms with van der Waals surface area (Å²) in [5.74, 6) is 2.27. The second-order valence-corrected chi connectivity index (χ2v) is 7.28. The first-order valence-corrected chi connectivity index (χ1v) is 8.76. The van der Waals surface area contributed by atoms with Gasteiger partial charge in [0.1, 0.15) is 0 Å². The highest BCUT2D eigenvalue weighted by molar-refractivity contribution is 5.73. The molecule has 1 N–H and O–H groups in total. The molecule has 0 aromatic heterocycles. The van der Waals surface area contributed by atoms with Crippen LogP contribution in [0.4, 0.5) is 4.79 Å². The maximum Gasteiger partial charge on any atom is 0.317 e. The largest absolute Gasteiger partial charge is 0.338 e. The molecular weight excluding hydrogens is 262 g/mol. The van der Waals surface area contributed by atoms with E-state index < -0.39 is 0 Å². The van der Waals surface area contributed by atoms with Crippen LogP contribution in [0, 0.1) is 17.8 Å². The van der Waals surface area contributed by atoms with Crippen molar-refractivity contribution in [3.63, 3.8) is 0 Å². The van der Waals surface area contributed by atoms with Gasteiger partial charge in [0.25, 0.3) is 0 Å². The fourth-order valence-corrected chi connectivity index (χ4v) is 3.86. The van der Waals surface area contributed by atoms with E-state index in [-0.39, 0.29) is 6.03 Å². The Morgan fingerprint density at radius 2 is 1.81 bits per heavy atom. The average Bonchev–Trinajstić information content (AvgIpc) is 2.90. The molecule has 1 aliphatic carbocycles. The van der Waals surface area contributed by atoms with E-state index in [1.165, 1.54) is 45.1 Å². The zero-order valence-corrected chi connectivity index (χ0v) is 14.1. The molecule has 2 aliphatic rings. The molecule has 21 heavy (non-hydrogen) atoms. The van der Waals surface area contributed by atoms with Gasteiger partial charge in [-0.2, -0.15) is 0 Å². The van der Waals surface area contributed by atoms with Gasteiger partial charge in [-0.3, -0.25) is 0 Å². The second-order valence-electron chi connectivity index (χ2n) is 7.28. The van der Waals surface area contributed by atoms with Gasteiger partial charge < -0.3 is 15.1 Å². The molecule has 0 aromatic rings. The monoisotopic (exact) mass is 295 g/mol. The van der Waals surface area contributed by atoms with E-state index in [4.69, 9.17) is 0 Å². The van der Waals surface area contributed by atoms with Gasteiger partial charge >= 0.3 is 6.03 Å². The Labute approximate surface area is 130 Å². The van der Waals surface area contributed by atoms with Gasteiger partial charge in [-0.1, -0.05) is 26.2 Å². The number of rotatable bonds is 5. The quantitative estimate of drug-likeness (QED) is 0.846. The lowest BCUT2D eigenvalue weighted by atomic mass is 9.81. The summed E-state index contributed by atoms with van der Waals surface area (Å²) in [5, 5.41) is 3.14. The third kappa shape index (κ3) is 5.17. The number of carbonyl (C=O) groups is 1. The molecule has 0 bridgehead atoms. The van der Waals surface area contributed by atoms with Crippen LogP contribution in [0.3, 0.4) is 0 Å². The Hall–Kier alpha value is -0.770. The molecule has 2 rings (SSSR count). The van der Waals surface area contributed by atoms with Crippen LogP contribution in [0.5, 0.6) is 0 Å². The predicted octanol–water partition coefficient (Wildman–Crippen LogP) is 2.80. The topological polar surface area (TPSA) is 35.6 Å².